The number of esters is 2. The van der Waals surface area contributed by atoms with Gasteiger partial charge in [-0.25, -0.2) is 19.6 Å². The Bertz CT molecular complexity index is 1820. The molecule has 4 bridgehead atoms. The van der Waals surface area contributed by atoms with Gasteiger partial charge in [0, 0.05) is 47.6 Å². The number of oxazole rings is 1. The number of aliphatic hydroxyl groups excluding tert-OH is 2. The maximum Gasteiger partial charge on any atom is 0.360 e. The zero-order chi connectivity index (χ0) is 40.2. The summed E-state index contributed by atoms with van der Waals surface area (Å²) < 4.78 is 17.7. The van der Waals surface area contributed by atoms with Gasteiger partial charge in [0.2, 0.25) is 0 Å². The molecule has 0 aromatic carbocycles. The molecule has 55 heavy (non-hydrogen) atoms. The number of hydrogen-bond acceptors (Lipinski definition) is 11. The van der Waals surface area contributed by atoms with Crippen LogP contribution in [0, 0.1) is 16.7 Å². The van der Waals surface area contributed by atoms with E-state index in [1.807, 2.05) is 116 Å². The van der Waals surface area contributed by atoms with Gasteiger partial charge in [-0.15, -0.1) is 11.3 Å². The lowest BCUT2D eigenvalue weighted by Gasteiger charge is -2.36. The minimum absolute atomic E-state index is 0.0583. The number of cyclic esters (lactones) is 2. The molecule has 1 unspecified atom stereocenters. The van der Waals surface area contributed by atoms with Crippen molar-refractivity contribution in [3.63, 3.8) is 0 Å². The van der Waals surface area contributed by atoms with E-state index in [0.29, 0.717) is 30.2 Å². The molecule has 10 nitrogen and oxygen atoms in total. The fourth-order valence-electron chi connectivity index (χ4n) is 6.14. The summed E-state index contributed by atoms with van der Waals surface area (Å²) in [7, 11) is 2.03. The Kier molecular flexibility index (Phi) is 15.7. The summed E-state index contributed by atoms with van der Waals surface area (Å²) in [5.41, 5.74) is -1.27. The molecule has 4 heterocycles. The average Bonchev–Trinajstić information content (AvgIpc) is 3.48. The van der Waals surface area contributed by atoms with Crippen LogP contribution < -0.4 is 0 Å². The lowest BCUT2D eigenvalue weighted by molar-refractivity contribution is -0.0461. The topological polar surface area (TPSA) is 135 Å². The summed E-state index contributed by atoms with van der Waals surface area (Å²) >= 11 is 1.35. The van der Waals surface area contributed by atoms with Gasteiger partial charge in [-0.3, -0.25) is 4.90 Å². The third-order valence-electron chi connectivity index (χ3n) is 10.2. The van der Waals surface area contributed by atoms with E-state index < -0.39 is 47.2 Å². The van der Waals surface area contributed by atoms with E-state index in [0.717, 1.165) is 0 Å². The number of aliphatic hydroxyl groups is 2. The highest BCUT2D eigenvalue weighted by Gasteiger charge is 2.41. The second-order valence-electron chi connectivity index (χ2n) is 15.2. The van der Waals surface area contributed by atoms with Gasteiger partial charge in [0.25, 0.3) is 0 Å². The average molecular weight is 772 g/mol. The van der Waals surface area contributed by atoms with E-state index in [2.05, 4.69) is 27.0 Å². The molecule has 0 spiro atoms. The number of allylic oxidation sites excluding steroid dienone is 9. The maximum absolute atomic E-state index is 13.4. The molecular weight excluding hydrogens is 715 g/mol. The van der Waals surface area contributed by atoms with Gasteiger partial charge in [-0.05, 0) is 32.9 Å². The van der Waals surface area contributed by atoms with Crippen molar-refractivity contribution in [2.75, 3.05) is 7.05 Å². The third kappa shape index (κ3) is 12.0. The third-order valence-corrected chi connectivity index (χ3v) is 11.0. The zero-order valence-corrected chi connectivity index (χ0v) is 34.1. The van der Waals surface area contributed by atoms with Crippen LogP contribution in [0.1, 0.15) is 93.2 Å². The number of ether oxygens (including phenoxy) is 2. The number of carbonyl (C=O) groups is 2. The molecule has 0 saturated carbocycles. The first-order chi connectivity index (χ1) is 26.2. The Hall–Kier alpha value is -4.42. The zero-order valence-electron chi connectivity index (χ0n) is 33.2. The molecule has 11 heteroatoms. The van der Waals surface area contributed by atoms with Gasteiger partial charge in [0.15, 0.2) is 17.3 Å². The smallest absolute Gasteiger partial charge is 0.360 e. The van der Waals surface area contributed by atoms with Gasteiger partial charge in [0.1, 0.15) is 23.5 Å². The van der Waals surface area contributed by atoms with E-state index >= 15 is 0 Å². The molecule has 8 atom stereocenters. The highest BCUT2D eigenvalue weighted by molar-refractivity contribution is 7.10. The monoisotopic (exact) mass is 771 g/mol. The van der Waals surface area contributed by atoms with Gasteiger partial charge >= 0.3 is 11.9 Å². The number of fused-ring (bicyclic) bond motifs is 5. The lowest BCUT2D eigenvalue weighted by atomic mass is 9.79. The van der Waals surface area contributed by atoms with E-state index in [-0.39, 0.29) is 29.4 Å². The van der Waals surface area contributed by atoms with Crippen molar-refractivity contribution in [1.29, 1.82) is 0 Å². The maximum atomic E-state index is 13.4. The van der Waals surface area contributed by atoms with Crippen LogP contribution in [0.4, 0.5) is 0 Å². The molecule has 2 aromatic rings. The molecule has 4 rings (SSSR count). The van der Waals surface area contributed by atoms with Crippen LogP contribution in [0.3, 0.4) is 0 Å². The summed E-state index contributed by atoms with van der Waals surface area (Å²) in [6.45, 7) is 13.2. The number of likely N-dealkylation sites (N-methyl/N-ethyl adjacent to an activating group) is 1. The number of nitrogens with zero attached hydrogens (tertiary/aromatic N) is 3. The van der Waals surface area contributed by atoms with Crippen LogP contribution >= 0.6 is 11.3 Å². The van der Waals surface area contributed by atoms with Crippen molar-refractivity contribution in [3.8, 4) is 0 Å². The molecule has 1 saturated heterocycles. The van der Waals surface area contributed by atoms with E-state index in [1.54, 1.807) is 29.7 Å². The van der Waals surface area contributed by atoms with Crippen LogP contribution in [0.25, 0.3) is 6.08 Å². The minimum atomic E-state index is -0.839. The molecular formula is C44H57N3O7S. The molecule has 2 N–H and O–H groups in total. The van der Waals surface area contributed by atoms with Crippen LogP contribution in [0.15, 0.2) is 107 Å². The van der Waals surface area contributed by atoms with E-state index in [1.165, 1.54) is 17.6 Å². The van der Waals surface area contributed by atoms with Gasteiger partial charge < -0.3 is 24.1 Å². The molecule has 2 aromatic heterocycles. The van der Waals surface area contributed by atoms with Crippen molar-refractivity contribution in [2.24, 2.45) is 16.7 Å². The van der Waals surface area contributed by atoms with Gasteiger partial charge in [-0.2, -0.15) is 0 Å². The highest BCUT2D eigenvalue weighted by atomic mass is 32.1. The quantitative estimate of drug-likeness (QED) is 0.168. The summed E-state index contributed by atoms with van der Waals surface area (Å²) in [6, 6.07) is 0.341. The van der Waals surface area contributed by atoms with E-state index in [9.17, 15) is 19.8 Å². The normalized spacial score (nSPS) is 29.6. The van der Waals surface area contributed by atoms with Crippen molar-refractivity contribution >= 4 is 29.4 Å². The molecule has 296 valence electrons. The summed E-state index contributed by atoms with van der Waals surface area (Å²) in [4.78, 5) is 37.8. The largest absolute Gasteiger partial charge is 0.457 e. The van der Waals surface area contributed by atoms with Crippen LogP contribution in [0.2, 0.25) is 0 Å². The highest BCUT2D eigenvalue weighted by Crippen LogP contribution is 2.34. The van der Waals surface area contributed by atoms with Gasteiger partial charge in [-0.1, -0.05) is 126 Å². The van der Waals surface area contributed by atoms with Gasteiger partial charge in [0.05, 0.1) is 12.2 Å². The predicted molar refractivity (Wildman–Crippen MR) is 218 cm³/mol. The molecule has 1 fully saturated rings. The fraction of sp³-hybridized carbons (Fsp3) is 0.455. The summed E-state index contributed by atoms with van der Waals surface area (Å²) in [5, 5.41) is 24.2. The van der Waals surface area contributed by atoms with Crippen molar-refractivity contribution in [1.82, 2.24) is 14.9 Å². The summed E-state index contributed by atoms with van der Waals surface area (Å²) in [5.74, 6) is -0.670. The lowest BCUT2D eigenvalue weighted by Crippen LogP contribution is -2.42. The SMILES string of the molecule is C/C=C/[C@H](O)C(C)(C)[C@@H]1C/C=C\[C@@H]2[C@H](/C=C/C=C\c3nc(cs3)C(=O)O[C@H](C(C)(C)[C@@H](O)/C=C/C)C\C=C/C=C\C=C\[C@H](C)Cc3nc(co3)C(=O)O1)N2C. The Morgan fingerprint density at radius 2 is 1.38 bits per heavy atom. The van der Waals surface area contributed by atoms with Crippen LogP contribution in [-0.4, -0.2) is 80.6 Å². The first-order valence-electron chi connectivity index (χ1n) is 18.9. The van der Waals surface area contributed by atoms with Crippen molar-refractivity contribution in [2.45, 2.75) is 104 Å². The number of hydrogen-bond donors (Lipinski definition) is 2. The van der Waals surface area contributed by atoms with Crippen LogP contribution in [-0.2, 0) is 15.9 Å². The molecule has 2 aliphatic rings. The fourth-order valence-corrected chi connectivity index (χ4v) is 6.82. The Morgan fingerprint density at radius 1 is 0.800 bits per heavy atom. The molecule has 0 radical (unpaired) electrons. The molecule has 0 aliphatic carbocycles. The predicted octanol–water partition coefficient (Wildman–Crippen LogP) is 8.26. The Balaban J connectivity index is 1.58. The first kappa shape index (κ1) is 43.3. The molecule has 2 aliphatic heterocycles. The van der Waals surface area contributed by atoms with Crippen molar-refractivity contribution < 1.29 is 33.7 Å². The Morgan fingerprint density at radius 3 is 2.04 bits per heavy atom. The van der Waals surface area contributed by atoms with Crippen molar-refractivity contribution in [3.05, 3.63) is 125 Å². The molecule has 0 amide bonds. The minimum Gasteiger partial charge on any atom is -0.457 e. The number of aromatic nitrogens is 2. The number of thiazole rings is 1. The second kappa shape index (κ2) is 20.0. The Labute approximate surface area is 330 Å². The summed E-state index contributed by atoms with van der Waals surface area (Å²) in [6.07, 6.45) is 30.0. The first-order valence-corrected chi connectivity index (χ1v) is 19.7. The standard InChI is InChI=1S/C44H57N3O7S/c1-9-19-35(48)43(4,5)37-24-15-13-11-12-14-21-30(3)27-39-45-31(28-52-39)41(50)53-38(44(6,7)36(49)20-10-2)25-18-23-34-33(47(34)8)22-16-17-26-40-46-32(29-55-40)42(51)54-37/h9-23,26,28-30,33-38,48-49H,24-25,27H2,1-8H3/b12-11-,15-13-,19-9+,20-10+,21-14+,22-16+,23-18-,26-17-/t30-,33-,34+,35-,36-,37-,38-,47?/m0/s1. The van der Waals surface area contributed by atoms with Crippen LogP contribution in [0.5, 0.6) is 0 Å². The van der Waals surface area contributed by atoms with E-state index in [4.69, 9.17) is 13.9 Å². The number of rotatable bonds is 6. The second-order valence-corrected chi connectivity index (χ2v) is 16.1. The number of carbonyl (C=O) groups excluding carboxylic acids is 2.